The molecule has 0 aliphatic rings. The fourth-order valence-electron chi connectivity index (χ4n) is 1.00. The second kappa shape index (κ2) is 11.2. The first-order valence-corrected chi connectivity index (χ1v) is 4.53. The molecule has 1 nitrogen and oxygen atoms in total. The SMILES string of the molecule is CCCCCOc1[c-]cccc1.[Cl-].[Mg+2]. The third kappa shape index (κ3) is 7.48. The van der Waals surface area contributed by atoms with Crippen molar-refractivity contribution in [1.82, 2.24) is 0 Å². The zero-order valence-electron chi connectivity index (χ0n) is 8.63. The van der Waals surface area contributed by atoms with Crippen LogP contribution in [0.25, 0.3) is 0 Å². The largest absolute Gasteiger partial charge is 2.00 e. The predicted molar refractivity (Wildman–Crippen MR) is 56.1 cm³/mol. The summed E-state index contributed by atoms with van der Waals surface area (Å²) >= 11 is 0. The van der Waals surface area contributed by atoms with Gasteiger partial charge in [0, 0.05) is 5.75 Å². The summed E-state index contributed by atoms with van der Waals surface area (Å²) in [4.78, 5) is 0. The molecular formula is C11H15ClMgO. The zero-order chi connectivity index (χ0) is 8.65. The van der Waals surface area contributed by atoms with E-state index < -0.39 is 0 Å². The molecule has 1 aromatic rings. The van der Waals surface area contributed by atoms with Gasteiger partial charge in [-0.25, -0.2) is 0 Å². The molecular weight excluding hydrogens is 208 g/mol. The van der Waals surface area contributed by atoms with E-state index in [1.54, 1.807) is 0 Å². The molecule has 0 aromatic heterocycles. The van der Waals surface area contributed by atoms with Gasteiger partial charge < -0.3 is 17.1 Å². The molecule has 74 valence electrons. The van der Waals surface area contributed by atoms with Gasteiger partial charge in [0.25, 0.3) is 0 Å². The number of halogens is 1. The van der Waals surface area contributed by atoms with E-state index in [0.29, 0.717) is 0 Å². The maximum absolute atomic E-state index is 5.45. The van der Waals surface area contributed by atoms with E-state index in [0.717, 1.165) is 18.8 Å². The number of rotatable bonds is 5. The molecule has 0 radical (unpaired) electrons. The minimum Gasteiger partial charge on any atom is -1.00 e. The van der Waals surface area contributed by atoms with Crippen LogP contribution in [0, 0.1) is 6.07 Å². The molecule has 0 aliphatic carbocycles. The van der Waals surface area contributed by atoms with Crippen LogP contribution in [0.3, 0.4) is 0 Å². The topological polar surface area (TPSA) is 9.23 Å². The smallest absolute Gasteiger partial charge is 1.00 e. The average molecular weight is 223 g/mol. The maximum Gasteiger partial charge on any atom is 2.00 e. The molecule has 0 N–H and O–H groups in total. The summed E-state index contributed by atoms with van der Waals surface area (Å²) in [6, 6.07) is 10.7. The van der Waals surface area contributed by atoms with E-state index in [-0.39, 0.29) is 35.5 Å². The zero-order valence-corrected chi connectivity index (χ0v) is 10.8. The Hall–Kier alpha value is 0.0762. The van der Waals surface area contributed by atoms with Crippen LogP contribution in [-0.2, 0) is 0 Å². The summed E-state index contributed by atoms with van der Waals surface area (Å²) in [7, 11) is 0. The molecule has 14 heavy (non-hydrogen) atoms. The monoisotopic (exact) mass is 222 g/mol. The third-order valence-corrected chi connectivity index (χ3v) is 1.69. The first kappa shape index (κ1) is 16.5. The predicted octanol–water partition coefficient (Wildman–Crippen LogP) is -0.321. The molecule has 0 unspecified atom stereocenters. The van der Waals surface area contributed by atoms with E-state index in [1.165, 1.54) is 12.8 Å². The van der Waals surface area contributed by atoms with Crippen LogP contribution < -0.4 is 17.1 Å². The van der Waals surface area contributed by atoms with Crippen molar-refractivity contribution in [2.75, 3.05) is 6.61 Å². The molecule has 3 heteroatoms. The van der Waals surface area contributed by atoms with Crippen molar-refractivity contribution < 1.29 is 17.1 Å². The van der Waals surface area contributed by atoms with Gasteiger partial charge in [-0.05, 0) is 6.42 Å². The Morgan fingerprint density at radius 2 is 2.07 bits per heavy atom. The van der Waals surface area contributed by atoms with Gasteiger partial charge in [0.05, 0.1) is 6.61 Å². The Morgan fingerprint density at radius 3 is 2.64 bits per heavy atom. The fraction of sp³-hybridized carbons (Fsp3) is 0.455. The van der Waals surface area contributed by atoms with Gasteiger partial charge in [-0.15, -0.1) is 12.1 Å². The van der Waals surface area contributed by atoms with Crippen LogP contribution in [0.5, 0.6) is 5.75 Å². The number of hydrogen-bond acceptors (Lipinski definition) is 1. The fourth-order valence-corrected chi connectivity index (χ4v) is 1.00. The summed E-state index contributed by atoms with van der Waals surface area (Å²) in [5.74, 6) is 0.855. The van der Waals surface area contributed by atoms with Crippen LogP contribution in [0.4, 0.5) is 0 Å². The van der Waals surface area contributed by atoms with Gasteiger partial charge in [0.15, 0.2) is 0 Å². The standard InChI is InChI=1S/C11H15O.ClH.Mg/c1-2-3-7-10-12-11-8-5-4-6-9-11;;/h4-6,8H,2-3,7,10H2,1H3;1H;/q-1;;+2/p-1. The van der Waals surface area contributed by atoms with Crippen molar-refractivity contribution in [3.63, 3.8) is 0 Å². The molecule has 0 spiro atoms. The average Bonchev–Trinajstić information content (AvgIpc) is 2.14. The van der Waals surface area contributed by atoms with Crippen molar-refractivity contribution in [3.8, 4) is 5.75 Å². The van der Waals surface area contributed by atoms with Crippen LogP contribution in [-0.4, -0.2) is 29.7 Å². The Balaban J connectivity index is 0. The quantitative estimate of drug-likeness (QED) is 0.377. The van der Waals surface area contributed by atoms with Crippen molar-refractivity contribution in [2.24, 2.45) is 0 Å². The first-order valence-electron chi connectivity index (χ1n) is 4.53. The van der Waals surface area contributed by atoms with Crippen LogP contribution in [0.2, 0.25) is 0 Å². The second-order valence-corrected chi connectivity index (χ2v) is 2.78. The summed E-state index contributed by atoms with van der Waals surface area (Å²) in [6.45, 7) is 3.00. The minimum absolute atomic E-state index is 0. The molecule has 0 heterocycles. The number of para-hydroxylation sites is 1. The van der Waals surface area contributed by atoms with E-state index in [2.05, 4.69) is 13.0 Å². The number of benzene rings is 1. The Kier molecular flexibility index (Phi) is 13.1. The summed E-state index contributed by atoms with van der Waals surface area (Å²) in [5, 5.41) is 0. The van der Waals surface area contributed by atoms with Crippen LogP contribution in [0.15, 0.2) is 24.3 Å². The molecule has 0 aliphatic heterocycles. The van der Waals surface area contributed by atoms with Crippen LogP contribution >= 0.6 is 0 Å². The molecule has 1 rings (SSSR count). The maximum atomic E-state index is 5.45. The van der Waals surface area contributed by atoms with Crippen molar-refractivity contribution in [3.05, 3.63) is 30.3 Å². The van der Waals surface area contributed by atoms with E-state index in [4.69, 9.17) is 4.74 Å². The number of ether oxygens (including phenoxy) is 1. The molecule has 0 amide bonds. The Bertz CT molecular complexity index is 204. The number of hydrogen-bond donors (Lipinski definition) is 0. The molecule has 0 saturated heterocycles. The van der Waals surface area contributed by atoms with Gasteiger partial charge in [0.1, 0.15) is 0 Å². The van der Waals surface area contributed by atoms with E-state index in [9.17, 15) is 0 Å². The molecule has 0 saturated carbocycles. The summed E-state index contributed by atoms with van der Waals surface area (Å²) in [6.07, 6.45) is 3.62. The normalized spacial score (nSPS) is 8.36. The molecule has 0 atom stereocenters. The molecule has 0 bridgehead atoms. The van der Waals surface area contributed by atoms with Crippen molar-refractivity contribution >= 4 is 23.1 Å². The van der Waals surface area contributed by atoms with Gasteiger partial charge in [0.2, 0.25) is 0 Å². The Morgan fingerprint density at radius 1 is 1.29 bits per heavy atom. The first-order chi connectivity index (χ1) is 5.93. The number of unbranched alkanes of at least 4 members (excludes halogenated alkanes) is 2. The van der Waals surface area contributed by atoms with E-state index >= 15 is 0 Å². The summed E-state index contributed by atoms with van der Waals surface area (Å²) in [5.41, 5.74) is 0. The minimum atomic E-state index is 0. The van der Waals surface area contributed by atoms with Gasteiger partial charge in [-0.3, -0.25) is 0 Å². The molecule has 0 fully saturated rings. The van der Waals surface area contributed by atoms with Crippen molar-refractivity contribution in [2.45, 2.75) is 26.2 Å². The Labute approximate surface area is 109 Å². The molecule has 1 aromatic carbocycles. The summed E-state index contributed by atoms with van der Waals surface area (Å²) < 4.78 is 5.45. The van der Waals surface area contributed by atoms with Gasteiger partial charge >= 0.3 is 23.1 Å². The third-order valence-electron chi connectivity index (χ3n) is 1.69. The second-order valence-electron chi connectivity index (χ2n) is 2.78. The van der Waals surface area contributed by atoms with Gasteiger partial charge in [-0.1, -0.05) is 19.8 Å². The van der Waals surface area contributed by atoms with Crippen molar-refractivity contribution in [1.29, 1.82) is 0 Å². The van der Waals surface area contributed by atoms with E-state index in [1.807, 2.05) is 24.3 Å². The van der Waals surface area contributed by atoms with Gasteiger partial charge in [-0.2, -0.15) is 18.2 Å². The van der Waals surface area contributed by atoms with Crippen LogP contribution in [0.1, 0.15) is 26.2 Å².